The lowest BCUT2D eigenvalue weighted by Gasteiger charge is -2.38. The predicted octanol–water partition coefficient (Wildman–Crippen LogP) is 3.22. The summed E-state index contributed by atoms with van der Waals surface area (Å²) in [5.74, 6) is -3.50. The van der Waals surface area contributed by atoms with Crippen molar-refractivity contribution in [3.05, 3.63) is 29.6 Å². The standard InChI is InChI=1S/C34H49N5O6/c1-17(2)25(28(42)22-11-9-10-18(3)36-22)37-32(45)38-29(33(4,5)6)31(44)39-16-21-24(34(21,7)8)26(39)23(40)15-20(14-19-12-13-19)27(41)30(35)43/h9-11,17,19-21,24-26,29H,12-16H2,1-8H3,(H2,35,43)(H2,37,38,45)/t20?,21-,24-,25-,26+,29+/m0/s1. The Hall–Kier alpha value is -3.63. The number of hydrogen-bond donors (Lipinski definition) is 3. The number of hydrogen-bond acceptors (Lipinski definition) is 7. The number of amides is 4. The summed E-state index contributed by atoms with van der Waals surface area (Å²) in [6.45, 7) is 15.4. The smallest absolute Gasteiger partial charge is 0.316 e. The fraction of sp³-hybridized carbons (Fsp3) is 0.676. The molecule has 3 aliphatic rings. The number of nitrogens with two attached hydrogens (primary N) is 1. The number of pyridine rings is 1. The van der Waals surface area contributed by atoms with Crippen molar-refractivity contribution in [2.45, 2.75) is 99.2 Å². The number of nitrogens with one attached hydrogen (secondary N) is 2. The van der Waals surface area contributed by atoms with Crippen molar-refractivity contribution in [1.82, 2.24) is 20.5 Å². The molecule has 246 valence electrons. The normalized spacial score (nSPS) is 23.8. The average Bonchev–Trinajstić information content (AvgIpc) is 3.79. The third-order valence-electron chi connectivity index (χ3n) is 9.96. The Bertz CT molecular complexity index is 1380. The monoisotopic (exact) mass is 623 g/mol. The van der Waals surface area contributed by atoms with Gasteiger partial charge in [0.25, 0.3) is 5.91 Å². The van der Waals surface area contributed by atoms with Crippen LogP contribution in [0.15, 0.2) is 18.2 Å². The predicted molar refractivity (Wildman–Crippen MR) is 168 cm³/mol. The van der Waals surface area contributed by atoms with Gasteiger partial charge in [-0.1, -0.05) is 67.4 Å². The molecule has 1 aromatic rings. The molecule has 3 fully saturated rings. The lowest BCUT2D eigenvalue weighted by molar-refractivity contribution is -0.144. The van der Waals surface area contributed by atoms with Gasteiger partial charge in [0.2, 0.25) is 17.5 Å². The van der Waals surface area contributed by atoms with Crippen LogP contribution in [0.2, 0.25) is 0 Å². The third kappa shape index (κ3) is 7.44. The summed E-state index contributed by atoms with van der Waals surface area (Å²) >= 11 is 0. The van der Waals surface area contributed by atoms with Crippen LogP contribution >= 0.6 is 0 Å². The van der Waals surface area contributed by atoms with Gasteiger partial charge in [0.05, 0.1) is 12.1 Å². The van der Waals surface area contributed by atoms with Crippen LogP contribution < -0.4 is 16.4 Å². The fourth-order valence-electron chi connectivity index (χ4n) is 6.99. The summed E-state index contributed by atoms with van der Waals surface area (Å²) in [5, 5.41) is 5.58. The van der Waals surface area contributed by atoms with Gasteiger partial charge >= 0.3 is 6.03 Å². The minimum atomic E-state index is -1.04. The van der Waals surface area contributed by atoms with Crippen LogP contribution in [-0.4, -0.2) is 69.7 Å². The molecule has 1 aromatic heterocycles. The van der Waals surface area contributed by atoms with Gasteiger partial charge in [-0.05, 0) is 60.0 Å². The Labute approximate surface area is 265 Å². The van der Waals surface area contributed by atoms with Crippen molar-refractivity contribution in [2.75, 3.05) is 6.54 Å². The van der Waals surface area contributed by atoms with E-state index in [0.29, 0.717) is 24.6 Å². The number of piperidine rings is 1. The summed E-state index contributed by atoms with van der Waals surface area (Å²) in [6, 6.07) is 1.79. The number of rotatable bonds is 13. The maximum Gasteiger partial charge on any atom is 0.316 e. The van der Waals surface area contributed by atoms with Gasteiger partial charge in [0.1, 0.15) is 11.7 Å². The molecule has 0 bridgehead atoms. The zero-order valence-corrected chi connectivity index (χ0v) is 27.8. The number of carbonyl (C=O) groups excluding carboxylic acids is 6. The Balaban J connectivity index is 1.53. The van der Waals surface area contributed by atoms with Crippen molar-refractivity contribution in [3.8, 4) is 0 Å². The minimum absolute atomic E-state index is 0.0848. The number of fused-ring (bicyclic) bond motifs is 1. The molecule has 4 N–H and O–H groups in total. The highest BCUT2D eigenvalue weighted by Gasteiger charge is 2.69. The van der Waals surface area contributed by atoms with E-state index in [1.165, 1.54) is 0 Å². The van der Waals surface area contributed by atoms with Crippen molar-refractivity contribution in [3.63, 3.8) is 0 Å². The zero-order chi connectivity index (χ0) is 33.6. The highest BCUT2D eigenvalue weighted by Crippen LogP contribution is 2.65. The van der Waals surface area contributed by atoms with Gasteiger partial charge in [0.15, 0.2) is 5.78 Å². The molecule has 0 radical (unpaired) electrons. The van der Waals surface area contributed by atoms with Gasteiger partial charge < -0.3 is 21.3 Å². The van der Waals surface area contributed by atoms with Crippen molar-refractivity contribution in [2.24, 2.45) is 46.2 Å². The molecule has 4 rings (SSSR count). The van der Waals surface area contributed by atoms with E-state index in [1.54, 1.807) is 30.0 Å². The van der Waals surface area contributed by atoms with Crippen LogP contribution in [0.4, 0.5) is 4.79 Å². The van der Waals surface area contributed by atoms with E-state index in [0.717, 1.165) is 12.8 Å². The third-order valence-corrected chi connectivity index (χ3v) is 9.96. The second kappa shape index (κ2) is 12.6. The van der Waals surface area contributed by atoms with E-state index >= 15 is 0 Å². The first kappa shape index (κ1) is 34.2. The minimum Gasteiger partial charge on any atom is -0.363 e. The Morgan fingerprint density at radius 3 is 2.24 bits per heavy atom. The van der Waals surface area contributed by atoms with Crippen LogP contribution in [0.25, 0.3) is 0 Å². The SMILES string of the molecule is Cc1cccc(C(=O)[C@@H](NC(=O)N[C@H](C(=O)N2C[C@H]3[C@@H]([C@H]2C(=O)CC(CC2CC2)C(=O)C(N)=O)C3(C)C)C(C)(C)C)C(C)C)n1. The van der Waals surface area contributed by atoms with E-state index in [1.807, 2.05) is 34.6 Å². The van der Waals surface area contributed by atoms with Crippen LogP contribution in [0, 0.1) is 47.3 Å². The van der Waals surface area contributed by atoms with Gasteiger partial charge in [0, 0.05) is 24.6 Å². The van der Waals surface area contributed by atoms with Gasteiger partial charge in [-0.3, -0.25) is 24.0 Å². The molecule has 1 unspecified atom stereocenters. The van der Waals surface area contributed by atoms with Crippen molar-refractivity contribution < 1.29 is 28.8 Å². The van der Waals surface area contributed by atoms with E-state index in [2.05, 4.69) is 29.5 Å². The number of primary amides is 1. The first-order valence-corrected chi connectivity index (χ1v) is 16.1. The highest BCUT2D eigenvalue weighted by molar-refractivity contribution is 6.36. The highest BCUT2D eigenvalue weighted by atomic mass is 16.2. The topological polar surface area (TPSA) is 169 Å². The molecule has 45 heavy (non-hydrogen) atoms. The van der Waals surface area contributed by atoms with E-state index in [9.17, 15) is 28.8 Å². The summed E-state index contributed by atoms with van der Waals surface area (Å²) < 4.78 is 0. The maximum atomic E-state index is 14.3. The first-order chi connectivity index (χ1) is 20.8. The van der Waals surface area contributed by atoms with E-state index in [-0.39, 0.29) is 46.8 Å². The molecule has 2 saturated carbocycles. The molecule has 1 saturated heterocycles. The average molecular weight is 624 g/mol. The second-order valence-electron chi connectivity index (χ2n) is 15.3. The molecule has 0 spiro atoms. The molecular weight excluding hydrogens is 574 g/mol. The number of aromatic nitrogens is 1. The van der Waals surface area contributed by atoms with E-state index < -0.39 is 53.1 Å². The molecule has 0 aromatic carbocycles. The number of aryl methyl sites for hydroxylation is 1. The van der Waals surface area contributed by atoms with Crippen LogP contribution in [-0.2, 0) is 19.2 Å². The number of likely N-dealkylation sites (tertiary alicyclic amines) is 1. The van der Waals surface area contributed by atoms with Gasteiger partial charge in [-0.2, -0.15) is 0 Å². The van der Waals surface area contributed by atoms with Crippen molar-refractivity contribution in [1.29, 1.82) is 0 Å². The molecule has 6 atom stereocenters. The van der Waals surface area contributed by atoms with Crippen LogP contribution in [0.5, 0.6) is 0 Å². The van der Waals surface area contributed by atoms with Gasteiger partial charge in [-0.15, -0.1) is 0 Å². The van der Waals surface area contributed by atoms with Gasteiger partial charge in [-0.25, -0.2) is 9.78 Å². The second-order valence-corrected chi connectivity index (χ2v) is 15.3. The number of ketones is 3. The number of urea groups is 1. The van der Waals surface area contributed by atoms with Crippen LogP contribution in [0.3, 0.4) is 0 Å². The molecule has 1 aliphatic heterocycles. The maximum absolute atomic E-state index is 14.3. The van der Waals surface area contributed by atoms with Crippen LogP contribution in [0.1, 0.15) is 90.3 Å². The lowest BCUT2D eigenvalue weighted by atomic mass is 9.84. The molecular formula is C34H49N5O6. The largest absolute Gasteiger partial charge is 0.363 e. The fourth-order valence-corrected chi connectivity index (χ4v) is 6.99. The van der Waals surface area contributed by atoms with E-state index in [4.69, 9.17) is 5.73 Å². The summed E-state index contributed by atoms with van der Waals surface area (Å²) in [6.07, 6.45) is 2.19. The number of carbonyl (C=O) groups is 6. The molecule has 11 heteroatoms. The zero-order valence-electron chi connectivity index (χ0n) is 27.8. The molecule has 2 aliphatic carbocycles. The van der Waals surface area contributed by atoms with Crippen molar-refractivity contribution >= 4 is 35.2 Å². The molecule has 11 nitrogen and oxygen atoms in total. The Morgan fingerprint density at radius 1 is 1.07 bits per heavy atom. The summed E-state index contributed by atoms with van der Waals surface area (Å²) in [5.41, 5.74) is 5.35. The Morgan fingerprint density at radius 2 is 1.71 bits per heavy atom. The lowest BCUT2D eigenvalue weighted by Crippen LogP contribution is -2.61. The number of nitrogens with zero attached hydrogens (tertiary/aromatic N) is 2. The summed E-state index contributed by atoms with van der Waals surface area (Å²) in [4.78, 5) is 85.2. The Kier molecular flexibility index (Phi) is 9.62. The quantitative estimate of drug-likeness (QED) is 0.224. The molecule has 4 amide bonds. The number of Topliss-reactive ketones (excluding diaryl/α,β-unsaturated/α-hetero) is 3. The first-order valence-electron chi connectivity index (χ1n) is 16.1. The molecule has 2 heterocycles. The summed E-state index contributed by atoms with van der Waals surface area (Å²) in [7, 11) is 0.